The van der Waals surface area contributed by atoms with Gasteiger partial charge in [0, 0.05) is 13.1 Å². The summed E-state index contributed by atoms with van der Waals surface area (Å²) in [5, 5.41) is 3.27. The molecule has 1 saturated heterocycles. The summed E-state index contributed by atoms with van der Waals surface area (Å²) in [6.07, 6.45) is 1.17. The van der Waals surface area contributed by atoms with E-state index in [1.54, 1.807) is 18.2 Å². The van der Waals surface area contributed by atoms with Crippen molar-refractivity contribution in [2.75, 3.05) is 37.7 Å². The summed E-state index contributed by atoms with van der Waals surface area (Å²) < 4.78 is 0. The molecule has 1 atom stereocenters. The Morgan fingerprint density at radius 2 is 2.33 bits per heavy atom. The molecule has 1 aromatic carbocycles. The fourth-order valence-corrected chi connectivity index (χ4v) is 2.41. The number of carbonyl (C=O) groups excluding carboxylic acids is 1. The highest BCUT2D eigenvalue weighted by atomic mass is 16.1. The van der Waals surface area contributed by atoms with Gasteiger partial charge in [0.2, 0.25) is 0 Å². The van der Waals surface area contributed by atoms with Crippen LogP contribution in [0.4, 0.5) is 11.4 Å². The van der Waals surface area contributed by atoms with Crippen LogP contribution >= 0.6 is 0 Å². The van der Waals surface area contributed by atoms with Crippen LogP contribution in [0, 0.1) is 5.92 Å². The topological polar surface area (TPSA) is 84.4 Å². The molecule has 1 heterocycles. The van der Waals surface area contributed by atoms with E-state index in [4.69, 9.17) is 11.5 Å². The summed E-state index contributed by atoms with van der Waals surface area (Å²) in [6.45, 7) is 3.02. The highest BCUT2D eigenvalue weighted by Gasteiger charge is 2.20. The van der Waals surface area contributed by atoms with Crippen molar-refractivity contribution in [3.05, 3.63) is 23.8 Å². The molecule has 5 N–H and O–H groups in total. The van der Waals surface area contributed by atoms with Gasteiger partial charge >= 0.3 is 0 Å². The number of nitrogens with zero attached hydrogens (tertiary/aromatic N) is 1. The zero-order chi connectivity index (χ0) is 13.1. The molecular weight excluding hydrogens is 228 g/mol. The van der Waals surface area contributed by atoms with Gasteiger partial charge in [0.15, 0.2) is 0 Å². The molecule has 5 heteroatoms. The van der Waals surface area contributed by atoms with Crippen LogP contribution in [0.2, 0.25) is 0 Å². The molecule has 18 heavy (non-hydrogen) atoms. The fourth-order valence-electron chi connectivity index (χ4n) is 2.41. The molecule has 5 nitrogen and oxygen atoms in total. The molecule has 1 unspecified atom stereocenters. The van der Waals surface area contributed by atoms with E-state index in [1.165, 1.54) is 6.42 Å². The number of rotatable bonds is 4. The number of primary amides is 1. The summed E-state index contributed by atoms with van der Waals surface area (Å²) in [6, 6.07) is 5.21. The Morgan fingerprint density at radius 3 is 2.94 bits per heavy atom. The maximum Gasteiger partial charge on any atom is 0.250 e. The third-order valence-electron chi connectivity index (χ3n) is 3.42. The van der Waals surface area contributed by atoms with E-state index in [0.29, 0.717) is 22.9 Å². The Hall–Kier alpha value is -1.75. The highest BCUT2D eigenvalue weighted by Crippen LogP contribution is 2.24. The van der Waals surface area contributed by atoms with Crippen molar-refractivity contribution >= 4 is 17.3 Å². The van der Waals surface area contributed by atoms with Crippen molar-refractivity contribution in [3.63, 3.8) is 0 Å². The van der Waals surface area contributed by atoms with Crippen molar-refractivity contribution < 1.29 is 4.79 Å². The lowest BCUT2D eigenvalue weighted by Gasteiger charge is -2.16. The van der Waals surface area contributed by atoms with Gasteiger partial charge in [-0.2, -0.15) is 0 Å². The third-order valence-corrected chi connectivity index (χ3v) is 3.42. The second kappa shape index (κ2) is 5.27. The molecular formula is C13H20N4O. The molecule has 98 valence electrons. The molecule has 0 bridgehead atoms. The van der Waals surface area contributed by atoms with Crippen molar-refractivity contribution in [1.29, 1.82) is 0 Å². The molecule has 0 saturated carbocycles. The van der Waals surface area contributed by atoms with E-state index in [2.05, 4.69) is 17.3 Å². The van der Waals surface area contributed by atoms with Crippen LogP contribution in [0.5, 0.6) is 0 Å². The zero-order valence-corrected chi connectivity index (χ0v) is 10.6. The van der Waals surface area contributed by atoms with E-state index in [9.17, 15) is 4.79 Å². The molecule has 2 rings (SSSR count). The number of nitrogen functional groups attached to an aromatic ring is 1. The first-order chi connectivity index (χ1) is 8.58. The predicted octanol–water partition coefficient (Wildman–Crippen LogP) is 0.731. The fraction of sp³-hybridized carbons (Fsp3) is 0.462. The number of carbonyl (C=O) groups is 1. The number of amides is 1. The lowest BCUT2D eigenvalue weighted by molar-refractivity contribution is 0.100. The SMILES string of the molecule is CN1CCC(CNc2c(N)cccc2C(N)=O)C1. The van der Waals surface area contributed by atoms with Crippen LogP contribution in [-0.2, 0) is 0 Å². The molecule has 0 radical (unpaired) electrons. The van der Waals surface area contributed by atoms with Gasteiger partial charge in [-0.1, -0.05) is 6.07 Å². The van der Waals surface area contributed by atoms with E-state index < -0.39 is 5.91 Å². The van der Waals surface area contributed by atoms with Crippen molar-refractivity contribution in [2.45, 2.75) is 6.42 Å². The van der Waals surface area contributed by atoms with E-state index in [-0.39, 0.29) is 0 Å². The summed E-state index contributed by atoms with van der Waals surface area (Å²) >= 11 is 0. The number of hydrogen-bond donors (Lipinski definition) is 3. The molecule has 1 fully saturated rings. The minimum absolute atomic E-state index is 0.451. The van der Waals surface area contributed by atoms with Crippen molar-refractivity contribution in [1.82, 2.24) is 4.90 Å². The van der Waals surface area contributed by atoms with Crippen LogP contribution in [0.3, 0.4) is 0 Å². The standard InChI is InChI=1S/C13H20N4O/c1-17-6-5-9(8-17)7-16-12-10(13(15)18)3-2-4-11(12)14/h2-4,9,16H,5-8,14H2,1H3,(H2,15,18). The van der Waals surface area contributed by atoms with Crippen LogP contribution in [0.25, 0.3) is 0 Å². The largest absolute Gasteiger partial charge is 0.397 e. The molecule has 1 aliphatic rings. The first-order valence-corrected chi connectivity index (χ1v) is 6.18. The number of nitrogens with one attached hydrogen (secondary N) is 1. The van der Waals surface area contributed by atoms with Gasteiger partial charge in [0.05, 0.1) is 16.9 Å². The first kappa shape index (κ1) is 12.7. The van der Waals surface area contributed by atoms with Gasteiger partial charge in [0.1, 0.15) is 0 Å². The number of likely N-dealkylation sites (tertiary alicyclic amines) is 1. The summed E-state index contributed by atoms with van der Waals surface area (Å²) in [5.41, 5.74) is 12.9. The monoisotopic (exact) mass is 248 g/mol. The Bertz CT molecular complexity index is 447. The average molecular weight is 248 g/mol. The van der Waals surface area contributed by atoms with Gasteiger partial charge in [0.25, 0.3) is 5.91 Å². The Morgan fingerprint density at radius 1 is 1.56 bits per heavy atom. The second-order valence-electron chi connectivity index (χ2n) is 4.93. The van der Waals surface area contributed by atoms with Crippen LogP contribution in [-0.4, -0.2) is 37.5 Å². The maximum absolute atomic E-state index is 11.3. The number of hydrogen-bond acceptors (Lipinski definition) is 4. The Labute approximate surface area is 107 Å². The van der Waals surface area contributed by atoms with Crippen LogP contribution in [0.1, 0.15) is 16.8 Å². The van der Waals surface area contributed by atoms with Gasteiger partial charge in [-0.15, -0.1) is 0 Å². The van der Waals surface area contributed by atoms with Crippen LogP contribution < -0.4 is 16.8 Å². The molecule has 0 spiro atoms. The normalized spacial score (nSPS) is 19.9. The quantitative estimate of drug-likeness (QED) is 0.686. The molecule has 0 aromatic heterocycles. The zero-order valence-electron chi connectivity index (χ0n) is 10.6. The average Bonchev–Trinajstić information content (AvgIpc) is 2.73. The van der Waals surface area contributed by atoms with Crippen molar-refractivity contribution in [3.8, 4) is 0 Å². The van der Waals surface area contributed by atoms with Gasteiger partial charge in [-0.3, -0.25) is 4.79 Å². The smallest absolute Gasteiger partial charge is 0.250 e. The van der Waals surface area contributed by atoms with E-state index in [1.807, 2.05) is 0 Å². The Balaban J connectivity index is 2.06. The highest BCUT2D eigenvalue weighted by molar-refractivity contribution is 6.01. The Kier molecular flexibility index (Phi) is 3.72. The van der Waals surface area contributed by atoms with Crippen molar-refractivity contribution in [2.24, 2.45) is 11.7 Å². The number of benzene rings is 1. The van der Waals surface area contributed by atoms with Gasteiger partial charge < -0.3 is 21.7 Å². The number of anilines is 2. The van der Waals surface area contributed by atoms with Gasteiger partial charge in [-0.05, 0) is 38.1 Å². The van der Waals surface area contributed by atoms with E-state index in [0.717, 1.165) is 19.6 Å². The lowest BCUT2D eigenvalue weighted by atomic mass is 10.1. The van der Waals surface area contributed by atoms with E-state index >= 15 is 0 Å². The third kappa shape index (κ3) is 2.73. The first-order valence-electron chi connectivity index (χ1n) is 6.18. The summed E-state index contributed by atoms with van der Waals surface area (Å²) in [5.74, 6) is 0.142. The second-order valence-corrected chi connectivity index (χ2v) is 4.93. The summed E-state index contributed by atoms with van der Waals surface area (Å²) in [4.78, 5) is 13.6. The molecule has 1 aliphatic heterocycles. The minimum Gasteiger partial charge on any atom is -0.397 e. The number of nitrogens with two attached hydrogens (primary N) is 2. The number of para-hydroxylation sites is 1. The molecule has 1 aromatic rings. The molecule has 1 amide bonds. The summed E-state index contributed by atoms with van der Waals surface area (Å²) in [7, 11) is 2.12. The van der Waals surface area contributed by atoms with Gasteiger partial charge in [-0.25, -0.2) is 0 Å². The maximum atomic E-state index is 11.3. The minimum atomic E-state index is -0.451. The molecule has 0 aliphatic carbocycles. The lowest BCUT2D eigenvalue weighted by Crippen LogP contribution is -2.21. The predicted molar refractivity (Wildman–Crippen MR) is 73.5 cm³/mol. The van der Waals surface area contributed by atoms with Crippen LogP contribution in [0.15, 0.2) is 18.2 Å².